The molecule has 0 aromatic heterocycles. The quantitative estimate of drug-likeness (QED) is 0.716. The van der Waals surface area contributed by atoms with E-state index >= 15 is 0 Å². The van der Waals surface area contributed by atoms with Crippen molar-refractivity contribution in [2.75, 3.05) is 0 Å². The fourth-order valence-electron chi connectivity index (χ4n) is 2.57. The summed E-state index contributed by atoms with van der Waals surface area (Å²) in [5.74, 6) is 2.14. The van der Waals surface area contributed by atoms with E-state index in [1.165, 1.54) is 46.1 Å². The maximum absolute atomic E-state index is 2.35. The van der Waals surface area contributed by atoms with Gasteiger partial charge in [-0.3, -0.25) is 0 Å². The van der Waals surface area contributed by atoms with Crippen LogP contribution in [0.3, 0.4) is 0 Å². The molecule has 0 nitrogen and oxygen atoms in total. The predicted molar refractivity (Wildman–Crippen MR) is 63.2 cm³/mol. The Morgan fingerprint density at radius 2 is 1.27 bits per heavy atom. The minimum absolute atomic E-state index is 0.700. The van der Waals surface area contributed by atoms with Gasteiger partial charge in [0.1, 0.15) is 0 Å². The molecule has 83 valence electrons. The van der Waals surface area contributed by atoms with E-state index in [2.05, 4.69) is 41.5 Å². The molecule has 0 aromatic rings. The van der Waals surface area contributed by atoms with Gasteiger partial charge in [0.25, 0.3) is 0 Å². The van der Waals surface area contributed by atoms with Crippen LogP contribution in [0.1, 0.15) is 48.0 Å². The molecule has 0 heterocycles. The number of hydrogen-bond donors (Lipinski definition) is 0. The van der Waals surface area contributed by atoms with E-state index in [0.717, 1.165) is 5.92 Å². The predicted octanol–water partition coefficient (Wildman–Crippen LogP) is 4.46. The Bertz CT molecular complexity index is 303. The van der Waals surface area contributed by atoms with E-state index in [9.17, 15) is 0 Å². The van der Waals surface area contributed by atoms with Crippen LogP contribution in [0.4, 0.5) is 0 Å². The molecule has 0 aliphatic heterocycles. The van der Waals surface area contributed by atoms with Crippen molar-refractivity contribution in [1.82, 2.24) is 0 Å². The number of rotatable bonds is 3. The molecule has 0 fully saturated rings. The molecule has 0 saturated heterocycles. The van der Waals surface area contributed by atoms with Crippen molar-refractivity contribution in [3.8, 4) is 0 Å². The van der Waals surface area contributed by atoms with Crippen molar-refractivity contribution in [3.63, 3.8) is 0 Å². The Morgan fingerprint density at radius 3 is 1.60 bits per heavy atom. The van der Waals surface area contributed by atoms with Crippen molar-refractivity contribution in [2.45, 2.75) is 48.0 Å². The third kappa shape index (κ3) is 2.95. The Balaban J connectivity index is 3.19. The summed E-state index contributed by atoms with van der Waals surface area (Å²) in [5.41, 5.74) is 5.13. The Kier molecular flexibility index (Phi) is 5.07. The van der Waals surface area contributed by atoms with Gasteiger partial charge in [0.05, 0.1) is 0 Å². The normalized spacial score (nSPS) is 17.9. The molecule has 0 amide bonds. The van der Waals surface area contributed by atoms with Crippen molar-refractivity contribution < 1.29 is 39.6 Å². The van der Waals surface area contributed by atoms with Crippen molar-refractivity contribution in [1.29, 1.82) is 0 Å². The van der Waals surface area contributed by atoms with Gasteiger partial charge in [-0.25, -0.2) is 0 Å². The van der Waals surface area contributed by atoms with Gasteiger partial charge in [-0.1, -0.05) is 0 Å². The Hall–Kier alpha value is 0.857. The number of hydrogen-bond acceptors (Lipinski definition) is 0. The first-order valence-electron chi connectivity index (χ1n) is 6.04. The first-order valence-corrected chi connectivity index (χ1v) is 7.61. The summed E-state index contributed by atoms with van der Waals surface area (Å²) in [6, 6.07) is 0. The fraction of sp³-hybridized carbons (Fsp3) is 0.714. The number of allylic oxidation sites excluding steroid dienone is 4. The fourth-order valence-corrected chi connectivity index (χ4v) is 4.50. The standard InChI is InChI=1S/C14H23.Ce/c1-9(2)12-7-8-13(10(3)4)14(12)11(5)6;/h9-11H,7H2,1-6H3;. The van der Waals surface area contributed by atoms with Crippen LogP contribution in [0.5, 0.6) is 0 Å². The van der Waals surface area contributed by atoms with E-state index in [1.54, 1.807) is 17.8 Å². The summed E-state index contributed by atoms with van der Waals surface area (Å²) in [4.78, 5) is 0. The van der Waals surface area contributed by atoms with Crippen LogP contribution in [0.25, 0.3) is 0 Å². The third-order valence-corrected chi connectivity index (χ3v) is 4.58. The van der Waals surface area contributed by atoms with Crippen LogP contribution in [-0.2, 0) is 0 Å². The van der Waals surface area contributed by atoms with Crippen LogP contribution >= 0.6 is 0 Å². The second kappa shape index (κ2) is 5.46. The van der Waals surface area contributed by atoms with E-state index in [1.807, 2.05) is 0 Å². The van der Waals surface area contributed by atoms with Gasteiger partial charge in [0, 0.05) is 0 Å². The van der Waals surface area contributed by atoms with Gasteiger partial charge in [-0.2, -0.15) is 0 Å². The molecule has 0 N–H and O–H groups in total. The average Bonchev–Trinajstić information content (AvgIpc) is 2.42. The summed E-state index contributed by atoms with van der Waals surface area (Å²) in [6.07, 6.45) is 1.28. The van der Waals surface area contributed by atoms with Crippen molar-refractivity contribution >= 4 is 0 Å². The second-order valence-corrected chi connectivity index (χ2v) is 7.37. The first-order chi connectivity index (χ1) is 6.86. The van der Waals surface area contributed by atoms with E-state index in [0.29, 0.717) is 11.8 Å². The summed E-state index contributed by atoms with van der Waals surface area (Å²) < 4.78 is 1.75. The van der Waals surface area contributed by atoms with E-state index in [-0.39, 0.29) is 0 Å². The van der Waals surface area contributed by atoms with Crippen LogP contribution in [0, 0.1) is 57.4 Å². The van der Waals surface area contributed by atoms with Crippen LogP contribution in [-0.4, -0.2) is 0 Å². The van der Waals surface area contributed by atoms with Gasteiger partial charge in [0.2, 0.25) is 0 Å². The molecule has 0 unspecified atom stereocenters. The average molecular weight is 331 g/mol. The molecule has 0 spiro atoms. The molecule has 0 radical (unpaired) electrons. The zero-order valence-electron chi connectivity index (χ0n) is 10.9. The summed E-state index contributed by atoms with van der Waals surface area (Å²) in [6.45, 7) is 14.1. The van der Waals surface area contributed by atoms with Gasteiger partial charge < -0.3 is 0 Å². The monoisotopic (exact) mass is 331 g/mol. The van der Waals surface area contributed by atoms with Crippen LogP contribution in [0.2, 0.25) is 0 Å². The van der Waals surface area contributed by atoms with Crippen molar-refractivity contribution in [2.24, 2.45) is 17.8 Å². The molecule has 0 bridgehead atoms. The molecule has 1 aliphatic carbocycles. The molecule has 0 atom stereocenters. The van der Waals surface area contributed by atoms with Gasteiger partial charge in [-0.05, 0) is 0 Å². The zero-order chi connectivity index (χ0) is 11.7. The first kappa shape index (κ1) is 13.9. The van der Waals surface area contributed by atoms with Gasteiger partial charge in [0.15, 0.2) is 0 Å². The maximum atomic E-state index is 2.35. The summed E-state index contributed by atoms with van der Waals surface area (Å²) in [5, 5.41) is 0. The molecule has 15 heavy (non-hydrogen) atoms. The van der Waals surface area contributed by atoms with Crippen LogP contribution < -0.4 is 0 Å². The molecule has 0 aromatic carbocycles. The summed E-state index contributed by atoms with van der Waals surface area (Å²) >= 11 is 1.24. The molecule has 1 rings (SSSR count). The van der Waals surface area contributed by atoms with Crippen molar-refractivity contribution in [3.05, 3.63) is 17.8 Å². The second-order valence-electron chi connectivity index (χ2n) is 5.47. The Morgan fingerprint density at radius 1 is 0.800 bits per heavy atom. The van der Waals surface area contributed by atoms with Crippen LogP contribution in [0.15, 0.2) is 17.8 Å². The zero-order valence-corrected chi connectivity index (χ0v) is 14.1. The third-order valence-electron chi connectivity index (χ3n) is 3.18. The Labute approximate surface area is 122 Å². The molecule has 0 saturated carbocycles. The SMILES string of the molecule is CC(C)C1=C(C(C)C)C(C(C)C)=[C]([Ce])C1. The molecule has 1 aliphatic rings. The summed E-state index contributed by atoms with van der Waals surface area (Å²) in [7, 11) is 0. The van der Waals surface area contributed by atoms with E-state index in [4.69, 9.17) is 0 Å². The molecular formula is C14H23Ce. The van der Waals surface area contributed by atoms with Gasteiger partial charge >= 0.3 is 123 Å². The van der Waals surface area contributed by atoms with E-state index < -0.39 is 0 Å². The molecule has 1 heteroatoms. The minimum atomic E-state index is 0.700. The topological polar surface area (TPSA) is 0 Å². The molecular weight excluding hydrogens is 308 g/mol. The van der Waals surface area contributed by atoms with Gasteiger partial charge in [-0.15, -0.1) is 0 Å².